The first kappa shape index (κ1) is 17.3. The summed E-state index contributed by atoms with van der Waals surface area (Å²) in [4.78, 5) is 29.5. The van der Waals surface area contributed by atoms with Gasteiger partial charge in [-0.1, -0.05) is 59.0 Å². The molecule has 5 nitrogen and oxygen atoms in total. The van der Waals surface area contributed by atoms with E-state index in [1.165, 1.54) is 23.1 Å². The van der Waals surface area contributed by atoms with E-state index in [1.54, 1.807) is 0 Å². The molecule has 2 aliphatic rings. The number of aromatic nitrogens is 1. The minimum atomic E-state index is -0.186. The summed E-state index contributed by atoms with van der Waals surface area (Å²) in [7, 11) is 0. The zero-order valence-corrected chi connectivity index (χ0v) is 16.6. The highest BCUT2D eigenvalue weighted by Gasteiger charge is 2.38. The Kier molecular flexibility index (Phi) is 4.14. The molecule has 1 aromatic heterocycles. The molecule has 1 atom stereocenters. The van der Waals surface area contributed by atoms with Crippen LogP contribution in [0.2, 0.25) is 0 Å². The topological polar surface area (TPSA) is 71.2 Å². The van der Waals surface area contributed by atoms with Crippen molar-refractivity contribution >= 4 is 34.7 Å². The minimum Gasteiger partial charge on any atom is -0.489 e. The summed E-state index contributed by atoms with van der Waals surface area (Å²) < 4.78 is 5.93. The van der Waals surface area contributed by atoms with E-state index in [2.05, 4.69) is 10.3 Å². The maximum absolute atomic E-state index is 13.1. The van der Waals surface area contributed by atoms with Gasteiger partial charge in [0, 0.05) is 11.3 Å². The predicted molar refractivity (Wildman–Crippen MR) is 111 cm³/mol. The molecule has 0 spiro atoms. The summed E-state index contributed by atoms with van der Waals surface area (Å²) in [6, 6.07) is 15.5. The van der Waals surface area contributed by atoms with Crippen LogP contribution in [0.15, 0.2) is 68.8 Å². The maximum Gasteiger partial charge on any atom is 0.305 e. The fraction of sp³-hybridized carbons (Fsp3) is 0.143. The number of para-hydroxylation sites is 1. The number of amides is 1. The number of aryl methyl sites for hydroxylation is 1. The lowest BCUT2D eigenvalue weighted by atomic mass is 9.87. The molecule has 3 heterocycles. The number of rotatable bonds is 2. The van der Waals surface area contributed by atoms with E-state index in [-0.39, 0.29) is 16.7 Å². The van der Waals surface area contributed by atoms with Crippen molar-refractivity contribution in [1.29, 1.82) is 0 Å². The van der Waals surface area contributed by atoms with Crippen molar-refractivity contribution in [2.75, 3.05) is 11.9 Å². The molecule has 0 saturated carbocycles. The van der Waals surface area contributed by atoms with Gasteiger partial charge in [0.1, 0.15) is 12.4 Å². The molecule has 0 fully saturated rings. The monoisotopic (exact) mass is 408 g/mol. The summed E-state index contributed by atoms with van der Waals surface area (Å²) in [5.74, 6) is 0.478. The van der Waals surface area contributed by atoms with Crippen molar-refractivity contribution in [2.24, 2.45) is 0 Å². The van der Waals surface area contributed by atoms with E-state index in [0.29, 0.717) is 11.5 Å². The van der Waals surface area contributed by atoms with Gasteiger partial charge in [0.05, 0.1) is 20.7 Å². The SMILES string of the molecule is Cc1ccc(NC(=O)C2=C3COc4ccccc4C3c3sc(=O)[nH]c3S2)cc1. The van der Waals surface area contributed by atoms with Crippen LogP contribution in [-0.4, -0.2) is 17.5 Å². The molecular weight excluding hydrogens is 392 g/mol. The van der Waals surface area contributed by atoms with Gasteiger partial charge in [0.25, 0.3) is 5.91 Å². The molecule has 5 rings (SSSR count). The number of nitrogens with one attached hydrogen (secondary N) is 2. The fourth-order valence-corrected chi connectivity index (χ4v) is 5.77. The Morgan fingerprint density at radius 3 is 2.79 bits per heavy atom. The average Bonchev–Trinajstić information content (AvgIpc) is 3.08. The van der Waals surface area contributed by atoms with Crippen molar-refractivity contribution in [3.05, 3.63) is 84.7 Å². The number of hydrogen-bond donors (Lipinski definition) is 2. The van der Waals surface area contributed by atoms with E-state index in [4.69, 9.17) is 4.74 Å². The molecule has 0 saturated heterocycles. The summed E-state index contributed by atoms with van der Waals surface area (Å²) in [6.45, 7) is 2.33. The third-order valence-corrected chi connectivity index (χ3v) is 7.13. The van der Waals surface area contributed by atoms with E-state index < -0.39 is 0 Å². The number of aromatic amines is 1. The molecule has 0 aliphatic carbocycles. The molecule has 0 radical (unpaired) electrons. The van der Waals surface area contributed by atoms with Crippen molar-refractivity contribution in [1.82, 2.24) is 4.98 Å². The number of hydrogen-bond acceptors (Lipinski definition) is 5. The van der Waals surface area contributed by atoms with Gasteiger partial charge in [0.15, 0.2) is 0 Å². The van der Waals surface area contributed by atoms with E-state index >= 15 is 0 Å². The van der Waals surface area contributed by atoms with Crippen LogP contribution in [0.5, 0.6) is 5.75 Å². The van der Waals surface area contributed by atoms with Gasteiger partial charge >= 0.3 is 4.87 Å². The molecule has 2 N–H and O–H groups in total. The maximum atomic E-state index is 13.1. The van der Waals surface area contributed by atoms with Crippen molar-refractivity contribution in [2.45, 2.75) is 17.9 Å². The van der Waals surface area contributed by atoms with E-state index in [0.717, 1.165) is 38.0 Å². The number of carbonyl (C=O) groups excluding carboxylic acids is 1. The minimum absolute atomic E-state index is 0.110. The Labute approximate surface area is 169 Å². The average molecular weight is 409 g/mol. The molecule has 28 heavy (non-hydrogen) atoms. The standard InChI is InChI=1S/C21H16N2O3S2/c1-11-6-8-12(9-7-11)22-19(24)17-14-10-26-15-5-3-2-4-13(15)16(14)18-20(27-17)23-21(25)28-18/h2-9,16H,10H2,1H3,(H,22,24)(H,23,25). The smallest absolute Gasteiger partial charge is 0.305 e. The highest BCUT2D eigenvalue weighted by Crippen LogP contribution is 2.52. The van der Waals surface area contributed by atoms with Crippen LogP contribution < -0.4 is 14.9 Å². The highest BCUT2D eigenvalue weighted by atomic mass is 32.2. The van der Waals surface area contributed by atoms with Gasteiger partial charge < -0.3 is 15.0 Å². The van der Waals surface area contributed by atoms with E-state index in [9.17, 15) is 9.59 Å². The van der Waals surface area contributed by atoms with Gasteiger partial charge in [-0.05, 0) is 30.7 Å². The van der Waals surface area contributed by atoms with Gasteiger partial charge in [-0.2, -0.15) is 0 Å². The Hall–Kier alpha value is -2.77. The Morgan fingerprint density at radius 2 is 1.96 bits per heavy atom. The third kappa shape index (κ3) is 2.87. The van der Waals surface area contributed by atoms with Crippen molar-refractivity contribution in [3.63, 3.8) is 0 Å². The number of thiazole rings is 1. The normalized spacial score (nSPS) is 17.2. The second kappa shape index (κ2) is 6.68. The number of H-pyrrole nitrogens is 1. The molecule has 2 aromatic carbocycles. The van der Waals surface area contributed by atoms with Crippen LogP contribution in [0.25, 0.3) is 0 Å². The first-order valence-electron chi connectivity index (χ1n) is 8.84. The largest absolute Gasteiger partial charge is 0.489 e. The second-order valence-corrected chi connectivity index (χ2v) is 8.78. The molecule has 3 aromatic rings. The molecule has 2 aliphatic heterocycles. The van der Waals surface area contributed by atoms with Gasteiger partial charge in [-0.3, -0.25) is 9.59 Å². The van der Waals surface area contributed by atoms with Crippen LogP contribution in [0.3, 0.4) is 0 Å². The lowest BCUT2D eigenvalue weighted by Crippen LogP contribution is -2.26. The zero-order valence-electron chi connectivity index (χ0n) is 14.9. The number of carbonyl (C=O) groups is 1. The van der Waals surface area contributed by atoms with Gasteiger partial charge in [0.2, 0.25) is 0 Å². The third-order valence-electron chi connectivity index (χ3n) is 4.88. The van der Waals surface area contributed by atoms with Crippen LogP contribution >= 0.6 is 23.1 Å². The molecule has 1 amide bonds. The molecule has 1 unspecified atom stereocenters. The highest BCUT2D eigenvalue weighted by molar-refractivity contribution is 8.04. The lowest BCUT2D eigenvalue weighted by molar-refractivity contribution is -0.112. The quantitative estimate of drug-likeness (QED) is 0.664. The molecule has 0 bridgehead atoms. The molecule has 140 valence electrons. The Morgan fingerprint density at radius 1 is 1.18 bits per heavy atom. The van der Waals surface area contributed by atoms with Gasteiger partial charge in [-0.15, -0.1) is 0 Å². The number of fused-ring (bicyclic) bond motifs is 5. The molecular formula is C21H16N2O3S2. The summed E-state index contributed by atoms with van der Waals surface area (Å²) in [6.07, 6.45) is 0. The number of anilines is 1. The van der Waals surface area contributed by atoms with Crippen LogP contribution in [-0.2, 0) is 4.79 Å². The number of thioether (sulfide) groups is 1. The first-order valence-corrected chi connectivity index (χ1v) is 10.5. The van der Waals surface area contributed by atoms with Crippen LogP contribution in [0.4, 0.5) is 5.69 Å². The van der Waals surface area contributed by atoms with Crippen LogP contribution in [0.1, 0.15) is 21.9 Å². The van der Waals surface area contributed by atoms with Crippen molar-refractivity contribution in [3.8, 4) is 5.75 Å². The van der Waals surface area contributed by atoms with Gasteiger partial charge in [-0.25, -0.2) is 0 Å². The van der Waals surface area contributed by atoms with Crippen LogP contribution in [0, 0.1) is 6.92 Å². The number of ether oxygens (including phenoxy) is 1. The summed E-state index contributed by atoms with van der Waals surface area (Å²) in [5.41, 5.74) is 3.75. The Balaban J connectivity index is 1.59. The fourth-order valence-electron chi connectivity index (χ4n) is 3.55. The summed E-state index contributed by atoms with van der Waals surface area (Å²) >= 11 is 2.52. The lowest BCUT2D eigenvalue weighted by Gasteiger charge is -2.32. The predicted octanol–water partition coefficient (Wildman–Crippen LogP) is 4.27. The summed E-state index contributed by atoms with van der Waals surface area (Å²) in [5, 5.41) is 3.72. The second-order valence-electron chi connectivity index (χ2n) is 6.74. The van der Waals surface area contributed by atoms with Crippen molar-refractivity contribution < 1.29 is 9.53 Å². The first-order chi connectivity index (χ1) is 13.6. The molecule has 7 heteroatoms. The number of benzene rings is 2. The Bertz CT molecular complexity index is 1170. The zero-order chi connectivity index (χ0) is 19.3. The van der Waals surface area contributed by atoms with E-state index in [1.807, 2.05) is 55.5 Å².